The van der Waals surface area contributed by atoms with Gasteiger partial charge in [-0.2, -0.15) is 0 Å². The summed E-state index contributed by atoms with van der Waals surface area (Å²) >= 11 is 0. The van der Waals surface area contributed by atoms with Gasteiger partial charge < -0.3 is 15.2 Å². The van der Waals surface area contributed by atoms with Crippen molar-refractivity contribution in [3.05, 3.63) is 59.9 Å². The minimum absolute atomic E-state index is 0.129. The zero-order chi connectivity index (χ0) is 19.4. The van der Waals surface area contributed by atoms with Gasteiger partial charge in [-0.3, -0.25) is 9.69 Å². The number of carbonyl (C=O) groups is 1. The van der Waals surface area contributed by atoms with Crippen molar-refractivity contribution in [3.63, 3.8) is 0 Å². The zero-order valence-corrected chi connectivity index (χ0v) is 15.6. The van der Waals surface area contributed by atoms with E-state index in [1.165, 1.54) is 12.1 Å². The molecular weight excluding hydrogens is 347 g/mol. The summed E-state index contributed by atoms with van der Waals surface area (Å²) in [6, 6.07) is 13.7. The van der Waals surface area contributed by atoms with Gasteiger partial charge in [-0.15, -0.1) is 0 Å². The van der Waals surface area contributed by atoms with E-state index in [-0.39, 0.29) is 18.6 Å². The fourth-order valence-electron chi connectivity index (χ4n) is 3.35. The smallest absolute Gasteiger partial charge is 0.238 e. The summed E-state index contributed by atoms with van der Waals surface area (Å²) in [6.07, 6.45) is 0.262. The molecule has 144 valence electrons. The number of nitrogens with zero attached hydrogens (tertiary/aromatic N) is 1. The Balaban J connectivity index is 1.56. The summed E-state index contributed by atoms with van der Waals surface area (Å²) in [5.41, 5.74) is 0.184. The Labute approximate surface area is 158 Å². The molecule has 1 aliphatic heterocycles. The van der Waals surface area contributed by atoms with E-state index in [0.717, 1.165) is 11.3 Å². The monoisotopic (exact) mass is 372 g/mol. The first kappa shape index (κ1) is 19.3. The lowest BCUT2D eigenvalue weighted by atomic mass is 9.91. The molecule has 1 fully saturated rings. The van der Waals surface area contributed by atoms with E-state index in [0.29, 0.717) is 25.2 Å². The average Bonchev–Trinajstić information content (AvgIpc) is 2.61. The van der Waals surface area contributed by atoms with Crippen LogP contribution in [0, 0.1) is 12.7 Å². The lowest BCUT2D eigenvalue weighted by Crippen LogP contribution is -2.58. The van der Waals surface area contributed by atoms with Gasteiger partial charge in [0.1, 0.15) is 23.3 Å². The topological polar surface area (TPSA) is 61.8 Å². The molecule has 2 aromatic carbocycles. The zero-order valence-electron chi connectivity index (χ0n) is 15.6. The van der Waals surface area contributed by atoms with Gasteiger partial charge in [-0.05, 0) is 50.1 Å². The second-order valence-corrected chi connectivity index (χ2v) is 7.28. The van der Waals surface area contributed by atoms with Crippen molar-refractivity contribution in [1.29, 1.82) is 0 Å². The van der Waals surface area contributed by atoms with E-state index in [4.69, 9.17) is 4.74 Å². The van der Waals surface area contributed by atoms with Gasteiger partial charge in [0, 0.05) is 18.8 Å². The third-order valence-electron chi connectivity index (χ3n) is 4.81. The van der Waals surface area contributed by atoms with Gasteiger partial charge in [-0.25, -0.2) is 4.39 Å². The number of para-hydroxylation sites is 1. The molecule has 1 amide bonds. The van der Waals surface area contributed by atoms with E-state index < -0.39 is 11.4 Å². The highest BCUT2D eigenvalue weighted by Crippen LogP contribution is 2.26. The fourth-order valence-corrected chi connectivity index (χ4v) is 3.35. The minimum atomic E-state index is -1.08. The summed E-state index contributed by atoms with van der Waals surface area (Å²) in [4.78, 5) is 14.2. The van der Waals surface area contributed by atoms with Crippen LogP contribution in [0.3, 0.4) is 0 Å². The van der Waals surface area contributed by atoms with Crippen molar-refractivity contribution in [2.45, 2.75) is 32.0 Å². The lowest BCUT2D eigenvalue weighted by molar-refractivity contribution is -0.123. The molecular formula is C21H25FN2O3. The molecule has 0 unspecified atom stereocenters. The van der Waals surface area contributed by atoms with Crippen LogP contribution < -0.4 is 10.1 Å². The number of aliphatic hydroxyl groups is 1. The van der Waals surface area contributed by atoms with Crippen molar-refractivity contribution in [2.75, 3.05) is 25.0 Å². The van der Waals surface area contributed by atoms with Gasteiger partial charge in [0.05, 0.1) is 6.54 Å². The van der Waals surface area contributed by atoms with Crippen molar-refractivity contribution >= 4 is 11.6 Å². The number of benzene rings is 2. The Hall–Kier alpha value is -2.44. The summed E-state index contributed by atoms with van der Waals surface area (Å²) in [5.74, 6) is 0.0928. The van der Waals surface area contributed by atoms with Gasteiger partial charge in [0.25, 0.3) is 0 Å². The average molecular weight is 372 g/mol. The predicted molar refractivity (Wildman–Crippen MR) is 102 cm³/mol. The summed E-state index contributed by atoms with van der Waals surface area (Å²) in [6.45, 7) is 4.61. The van der Waals surface area contributed by atoms with Crippen molar-refractivity contribution in [3.8, 4) is 5.75 Å². The lowest BCUT2D eigenvalue weighted by Gasteiger charge is -2.42. The maximum atomic E-state index is 13.4. The number of halogens is 1. The SMILES string of the molecule is Cc1ccc(F)cc1NC(=O)CN1CC[C@H](Oc2ccccc2)[C@@](C)(O)C1. The quantitative estimate of drug-likeness (QED) is 0.847. The molecule has 3 rings (SSSR count). The van der Waals surface area contributed by atoms with Crippen LogP contribution in [0.15, 0.2) is 48.5 Å². The first-order valence-corrected chi connectivity index (χ1v) is 9.06. The Morgan fingerprint density at radius 1 is 1.33 bits per heavy atom. The fraction of sp³-hybridized carbons (Fsp3) is 0.381. The number of likely N-dealkylation sites (tertiary alicyclic amines) is 1. The number of nitrogens with one attached hydrogen (secondary N) is 1. The molecule has 5 nitrogen and oxygen atoms in total. The molecule has 0 spiro atoms. The normalized spacial score (nSPS) is 23.0. The largest absolute Gasteiger partial charge is 0.487 e. The van der Waals surface area contributed by atoms with Crippen LogP contribution in [0.2, 0.25) is 0 Å². The highest BCUT2D eigenvalue weighted by atomic mass is 19.1. The Bertz CT molecular complexity index is 795. The van der Waals surface area contributed by atoms with Crippen LogP contribution in [0.4, 0.5) is 10.1 Å². The molecule has 1 heterocycles. The molecule has 0 radical (unpaired) electrons. The van der Waals surface area contributed by atoms with Crippen LogP contribution in [-0.2, 0) is 4.79 Å². The minimum Gasteiger partial charge on any atom is -0.487 e. The number of ether oxygens (including phenoxy) is 1. The van der Waals surface area contributed by atoms with Crippen LogP contribution in [0.25, 0.3) is 0 Å². The van der Waals surface area contributed by atoms with Gasteiger partial charge in [0.15, 0.2) is 0 Å². The van der Waals surface area contributed by atoms with Gasteiger partial charge in [0.2, 0.25) is 5.91 Å². The maximum absolute atomic E-state index is 13.4. The molecule has 2 aromatic rings. The first-order chi connectivity index (χ1) is 12.8. The molecule has 1 aliphatic rings. The number of hydrogen-bond acceptors (Lipinski definition) is 4. The van der Waals surface area contributed by atoms with Crippen LogP contribution >= 0.6 is 0 Å². The number of anilines is 1. The Kier molecular flexibility index (Phi) is 5.77. The molecule has 2 atom stereocenters. The van der Waals surface area contributed by atoms with Gasteiger partial charge in [-0.1, -0.05) is 24.3 Å². The van der Waals surface area contributed by atoms with Crippen LogP contribution in [0.5, 0.6) is 5.75 Å². The first-order valence-electron chi connectivity index (χ1n) is 9.06. The van der Waals surface area contributed by atoms with Crippen LogP contribution in [0.1, 0.15) is 18.9 Å². The molecule has 2 N–H and O–H groups in total. The second-order valence-electron chi connectivity index (χ2n) is 7.28. The third kappa shape index (κ3) is 5.05. The summed E-state index contributed by atoms with van der Waals surface area (Å²) in [5, 5.41) is 13.5. The number of rotatable bonds is 5. The Morgan fingerprint density at radius 3 is 2.78 bits per heavy atom. The molecule has 0 saturated carbocycles. The van der Waals surface area contributed by atoms with E-state index in [1.807, 2.05) is 42.2 Å². The van der Waals surface area contributed by atoms with Crippen molar-refractivity contribution < 1.29 is 19.0 Å². The van der Waals surface area contributed by atoms with E-state index in [1.54, 1.807) is 13.0 Å². The maximum Gasteiger partial charge on any atom is 0.238 e. The van der Waals surface area contributed by atoms with Crippen molar-refractivity contribution in [1.82, 2.24) is 4.90 Å². The van der Waals surface area contributed by atoms with Gasteiger partial charge >= 0.3 is 0 Å². The molecule has 0 bridgehead atoms. The molecule has 0 aromatic heterocycles. The molecule has 27 heavy (non-hydrogen) atoms. The number of piperidine rings is 1. The number of amides is 1. The molecule has 1 saturated heterocycles. The summed E-state index contributed by atoms with van der Waals surface area (Å²) in [7, 11) is 0. The number of hydrogen-bond donors (Lipinski definition) is 2. The second kappa shape index (κ2) is 8.06. The number of carbonyl (C=O) groups excluding carboxylic acids is 1. The number of aryl methyl sites for hydroxylation is 1. The molecule has 0 aliphatic carbocycles. The van der Waals surface area contributed by atoms with E-state index >= 15 is 0 Å². The standard InChI is InChI=1S/C21H25FN2O3/c1-15-8-9-16(22)12-18(15)23-20(25)13-24-11-10-19(21(2,26)14-24)27-17-6-4-3-5-7-17/h3-9,12,19,26H,10-11,13-14H2,1-2H3,(H,23,25)/t19-,21-/m0/s1. The third-order valence-corrected chi connectivity index (χ3v) is 4.81. The highest BCUT2D eigenvalue weighted by Gasteiger charge is 2.40. The summed E-state index contributed by atoms with van der Waals surface area (Å²) < 4.78 is 19.3. The number of β-amino-alcohol motifs (C(OH)–C–C–N with tert-alkyl or cyclic N) is 1. The Morgan fingerprint density at radius 2 is 2.07 bits per heavy atom. The van der Waals surface area contributed by atoms with Crippen LogP contribution in [-0.4, -0.2) is 47.3 Å². The van der Waals surface area contributed by atoms with E-state index in [2.05, 4.69) is 5.32 Å². The molecule has 6 heteroatoms. The van der Waals surface area contributed by atoms with E-state index in [9.17, 15) is 14.3 Å². The highest BCUT2D eigenvalue weighted by molar-refractivity contribution is 5.92. The van der Waals surface area contributed by atoms with Crippen molar-refractivity contribution in [2.24, 2.45) is 0 Å². The predicted octanol–water partition coefficient (Wildman–Crippen LogP) is 2.98.